The second kappa shape index (κ2) is 6.28. The zero-order chi connectivity index (χ0) is 14.6. The molecule has 1 aromatic carbocycles. The molecule has 6 heteroatoms. The number of nitrogens with one attached hydrogen (secondary N) is 1. The van der Waals surface area contributed by atoms with Gasteiger partial charge in [0.2, 0.25) is 10.0 Å². The summed E-state index contributed by atoms with van der Waals surface area (Å²) in [5.74, 6) is 0.367. The maximum Gasteiger partial charge on any atom is 0.240 e. The van der Waals surface area contributed by atoms with Crippen LogP contribution in [0.15, 0.2) is 34.7 Å². The van der Waals surface area contributed by atoms with Crippen molar-refractivity contribution in [1.82, 2.24) is 4.72 Å². The van der Waals surface area contributed by atoms with Crippen LogP contribution in [0.5, 0.6) is 5.75 Å². The van der Waals surface area contributed by atoms with Gasteiger partial charge in [0.15, 0.2) is 0 Å². The van der Waals surface area contributed by atoms with Crippen LogP contribution in [0, 0.1) is 0 Å². The van der Waals surface area contributed by atoms with Gasteiger partial charge < -0.3 is 10.5 Å². The predicted molar refractivity (Wildman–Crippen MR) is 79.1 cm³/mol. The Morgan fingerprint density at radius 2 is 2.20 bits per heavy atom. The zero-order valence-corrected chi connectivity index (χ0v) is 12.4. The van der Waals surface area contributed by atoms with Gasteiger partial charge >= 0.3 is 0 Å². The average Bonchev–Trinajstić information content (AvgIpc) is 2.92. The third-order valence-corrected chi connectivity index (χ3v) is 4.85. The highest BCUT2D eigenvalue weighted by atomic mass is 32.2. The first-order valence-electron chi connectivity index (χ1n) is 6.64. The number of rotatable bonds is 6. The van der Waals surface area contributed by atoms with Crippen molar-refractivity contribution in [3.8, 4) is 5.75 Å². The van der Waals surface area contributed by atoms with Crippen LogP contribution in [-0.2, 0) is 10.0 Å². The standard InChI is InChI=1S/C14H20N2O3S/c1-19-14-10-12(6-7-13(14)15)20(17,18)16-9-8-11-4-2-3-5-11/h4,6-7,10,16H,2-3,5,8-9,15H2,1H3. The van der Waals surface area contributed by atoms with Crippen molar-refractivity contribution < 1.29 is 13.2 Å². The van der Waals surface area contributed by atoms with Gasteiger partial charge in [-0.2, -0.15) is 0 Å². The zero-order valence-electron chi connectivity index (χ0n) is 11.6. The number of nitrogen functional groups attached to an aromatic ring is 1. The SMILES string of the molecule is COc1cc(S(=O)(=O)NCCC2=CCCC2)ccc1N. The molecule has 1 aliphatic carbocycles. The van der Waals surface area contributed by atoms with E-state index in [1.165, 1.54) is 37.3 Å². The summed E-state index contributed by atoms with van der Waals surface area (Å²) in [6.07, 6.45) is 6.33. The minimum atomic E-state index is -3.51. The Balaban J connectivity index is 2.02. The lowest BCUT2D eigenvalue weighted by Crippen LogP contribution is -2.25. The molecule has 0 saturated carbocycles. The summed E-state index contributed by atoms with van der Waals surface area (Å²) in [6, 6.07) is 4.45. The van der Waals surface area contributed by atoms with E-state index >= 15 is 0 Å². The second-order valence-electron chi connectivity index (χ2n) is 4.81. The molecule has 0 radical (unpaired) electrons. The lowest BCUT2D eigenvalue weighted by Gasteiger charge is -2.10. The first-order chi connectivity index (χ1) is 9.53. The molecule has 0 bridgehead atoms. The number of hydrogen-bond acceptors (Lipinski definition) is 4. The summed E-state index contributed by atoms with van der Waals surface area (Å²) in [6.45, 7) is 0.418. The maximum atomic E-state index is 12.2. The molecular weight excluding hydrogens is 276 g/mol. The summed E-state index contributed by atoms with van der Waals surface area (Å²) in [5, 5.41) is 0. The Morgan fingerprint density at radius 1 is 1.40 bits per heavy atom. The van der Waals surface area contributed by atoms with Crippen LogP contribution in [0.25, 0.3) is 0 Å². The Hall–Kier alpha value is -1.53. The number of anilines is 1. The highest BCUT2D eigenvalue weighted by Crippen LogP contribution is 2.25. The van der Waals surface area contributed by atoms with Crippen LogP contribution < -0.4 is 15.2 Å². The molecule has 2 rings (SSSR count). The van der Waals surface area contributed by atoms with E-state index in [-0.39, 0.29) is 4.90 Å². The third kappa shape index (κ3) is 3.52. The highest BCUT2D eigenvalue weighted by Gasteiger charge is 2.16. The first kappa shape index (κ1) is 14.9. The molecule has 1 aromatic rings. The lowest BCUT2D eigenvalue weighted by atomic mass is 10.2. The fraction of sp³-hybridized carbons (Fsp3) is 0.429. The molecule has 5 nitrogen and oxygen atoms in total. The Bertz CT molecular complexity index is 609. The number of hydrogen-bond donors (Lipinski definition) is 2. The molecule has 20 heavy (non-hydrogen) atoms. The number of allylic oxidation sites excluding steroid dienone is 1. The van der Waals surface area contributed by atoms with Crippen LogP contribution in [0.3, 0.4) is 0 Å². The maximum absolute atomic E-state index is 12.2. The van der Waals surface area contributed by atoms with Crippen LogP contribution in [-0.4, -0.2) is 22.1 Å². The van der Waals surface area contributed by atoms with Crippen molar-refractivity contribution in [2.45, 2.75) is 30.6 Å². The highest BCUT2D eigenvalue weighted by molar-refractivity contribution is 7.89. The number of sulfonamides is 1. The summed E-state index contributed by atoms with van der Waals surface area (Å²) in [7, 11) is -2.05. The van der Waals surface area contributed by atoms with Crippen molar-refractivity contribution >= 4 is 15.7 Å². The van der Waals surface area contributed by atoms with E-state index in [2.05, 4.69) is 10.8 Å². The Kier molecular flexibility index (Phi) is 4.67. The van der Waals surface area contributed by atoms with E-state index in [1.807, 2.05) is 0 Å². The van der Waals surface area contributed by atoms with Crippen LogP contribution >= 0.6 is 0 Å². The number of benzene rings is 1. The Morgan fingerprint density at radius 3 is 2.85 bits per heavy atom. The van der Waals surface area contributed by atoms with E-state index in [9.17, 15) is 8.42 Å². The molecule has 0 heterocycles. The topological polar surface area (TPSA) is 81.4 Å². The van der Waals surface area contributed by atoms with Gasteiger partial charge in [0.25, 0.3) is 0 Å². The molecule has 1 aliphatic rings. The van der Waals surface area contributed by atoms with Crippen molar-refractivity contribution in [1.29, 1.82) is 0 Å². The molecule has 0 saturated heterocycles. The molecule has 0 fully saturated rings. The average molecular weight is 296 g/mol. The largest absolute Gasteiger partial charge is 0.495 e. The second-order valence-corrected chi connectivity index (χ2v) is 6.57. The fourth-order valence-electron chi connectivity index (χ4n) is 2.25. The minimum Gasteiger partial charge on any atom is -0.495 e. The normalized spacial score (nSPS) is 15.2. The molecular formula is C14H20N2O3S. The molecule has 0 spiro atoms. The first-order valence-corrected chi connectivity index (χ1v) is 8.12. The lowest BCUT2D eigenvalue weighted by molar-refractivity contribution is 0.415. The van der Waals surface area contributed by atoms with Gasteiger partial charge in [-0.15, -0.1) is 0 Å². The van der Waals surface area contributed by atoms with Crippen molar-refractivity contribution in [2.24, 2.45) is 0 Å². The quantitative estimate of drug-likeness (QED) is 0.622. The summed E-state index contributed by atoms with van der Waals surface area (Å²) < 4.78 is 32.0. The van der Waals surface area contributed by atoms with Crippen molar-refractivity contribution in [2.75, 3.05) is 19.4 Å². The monoisotopic (exact) mass is 296 g/mol. The molecule has 0 unspecified atom stereocenters. The van der Waals surface area contributed by atoms with Crippen LogP contribution in [0.4, 0.5) is 5.69 Å². The predicted octanol–water partition coefficient (Wildman–Crippen LogP) is 2.06. The molecule has 0 aromatic heterocycles. The molecule has 3 N–H and O–H groups in total. The van der Waals surface area contributed by atoms with Crippen LogP contribution in [0.2, 0.25) is 0 Å². The number of ether oxygens (including phenoxy) is 1. The van der Waals surface area contributed by atoms with E-state index in [0.29, 0.717) is 18.0 Å². The van der Waals surface area contributed by atoms with Gasteiger partial charge in [-0.05, 0) is 37.8 Å². The molecule has 0 amide bonds. The summed E-state index contributed by atoms with van der Waals surface area (Å²) in [4.78, 5) is 0.170. The van der Waals surface area contributed by atoms with E-state index in [1.54, 1.807) is 0 Å². The van der Waals surface area contributed by atoms with Gasteiger partial charge in [0, 0.05) is 12.6 Å². The minimum absolute atomic E-state index is 0.170. The van der Waals surface area contributed by atoms with Gasteiger partial charge in [0.1, 0.15) is 5.75 Å². The van der Waals surface area contributed by atoms with E-state index in [4.69, 9.17) is 10.5 Å². The fourth-order valence-corrected chi connectivity index (χ4v) is 3.30. The van der Waals surface area contributed by atoms with Gasteiger partial charge in [-0.25, -0.2) is 13.1 Å². The third-order valence-electron chi connectivity index (χ3n) is 3.39. The molecule has 0 aliphatic heterocycles. The van der Waals surface area contributed by atoms with Crippen molar-refractivity contribution in [3.63, 3.8) is 0 Å². The van der Waals surface area contributed by atoms with Crippen LogP contribution in [0.1, 0.15) is 25.7 Å². The Labute approximate surface area is 119 Å². The van der Waals surface area contributed by atoms with Gasteiger partial charge in [-0.1, -0.05) is 11.6 Å². The van der Waals surface area contributed by atoms with Crippen molar-refractivity contribution in [3.05, 3.63) is 29.8 Å². The number of methoxy groups -OCH3 is 1. The van der Waals surface area contributed by atoms with E-state index in [0.717, 1.165) is 19.3 Å². The van der Waals surface area contributed by atoms with E-state index < -0.39 is 10.0 Å². The molecule has 0 atom stereocenters. The smallest absolute Gasteiger partial charge is 0.240 e. The number of nitrogens with two attached hydrogens (primary N) is 1. The summed E-state index contributed by atoms with van der Waals surface area (Å²) in [5.41, 5.74) is 7.43. The van der Waals surface area contributed by atoms with Gasteiger partial charge in [0.05, 0.1) is 17.7 Å². The molecule has 110 valence electrons. The summed E-state index contributed by atoms with van der Waals surface area (Å²) >= 11 is 0. The van der Waals surface area contributed by atoms with Gasteiger partial charge in [-0.3, -0.25) is 0 Å².